The lowest BCUT2D eigenvalue weighted by Crippen LogP contribution is -2.54. The molecule has 0 spiro atoms. The van der Waals surface area contributed by atoms with Gasteiger partial charge in [-0.3, -0.25) is 4.79 Å². The van der Waals surface area contributed by atoms with E-state index in [2.05, 4.69) is 15.6 Å². The largest absolute Gasteiger partial charge is 0.497 e. The molecular weight excluding hydrogens is 362 g/mol. The van der Waals surface area contributed by atoms with Gasteiger partial charge in [-0.2, -0.15) is 0 Å². The van der Waals surface area contributed by atoms with Crippen molar-refractivity contribution in [3.05, 3.63) is 36.2 Å². The first-order valence-corrected chi connectivity index (χ1v) is 9.14. The summed E-state index contributed by atoms with van der Waals surface area (Å²) >= 11 is 0. The lowest BCUT2D eigenvalue weighted by molar-refractivity contribution is 0.0465. The van der Waals surface area contributed by atoms with E-state index in [1.165, 1.54) is 6.26 Å². The first-order valence-electron chi connectivity index (χ1n) is 9.14. The Morgan fingerprint density at radius 1 is 1.11 bits per heavy atom. The van der Waals surface area contributed by atoms with Crippen molar-refractivity contribution in [1.29, 1.82) is 0 Å². The smallest absolute Gasteiger partial charge is 0.407 e. The Kier molecular flexibility index (Phi) is 5.58. The van der Waals surface area contributed by atoms with Gasteiger partial charge in [0.1, 0.15) is 17.6 Å². The van der Waals surface area contributed by atoms with Gasteiger partial charge in [-0.1, -0.05) is 0 Å². The molecule has 0 saturated heterocycles. The molecule has 2 amide bonds. The predicted molar refractivity (Wildman–Crippen MR) is 102 cm³/mol. The summed E-state index contributed by atoms with van der Waals surface area (Å²) in [4.78, 5) is 28.3. The molecular formula is C20H25N3O5. The van der Waals surface area contributed by atoms with Crippen molar-refractivity contribution in [3.8, 4) is 17.2 Å². The maximum Gasteiger partial charge on any atom is 0.407 e. The average molecular weight is 387 g/mol. The van der Waals surface area contributed by atoms with Crippen molar-refractivity contribution in [2.75, 3.05) is 7.11 Å². The van der Waals surface area contributed by atoms with Gasteiger partial charge in [0.2, 0.25) is 5.89 Å². The Bertz CT molecular complexity index is 832. The molecule has 0 unspecified atom stereocenters. The summed E-state index contributed by atoms with van der Waals surface area (Å²) in [6.07, 6.45) is 2.19. The highest BCUT2D eigenvalue weighted by Gasteiger charge is 2.33. The lowest BCUT2D eigenvalue weighted by atomic mass is 9.87. The number of nitrogens with one attached hydrogen (secondary N) is 2. The van der Waals surface area contributed by atoms with Crippen molar-refractivity contribution in [1.82, 2.24) is 15.6 Å². The highest BCUT2D eigenvalue weighted by molar-refractivity contribution is 5.92. The molecule has 1 saturated carbocycles. The SMILES string of the molecule is COc1ccc(-c2nc(C(=O)N[C@H]3C[C@@H](NC(=O)OC(C)(C)C)C3)co2)cc1. The minimum absolute atomic E-state index is 0.00711. The third-order valence-corrected chi connectivity index (χ3v) is 4.27. The number of nitrogens with zero attached hydrogens (tertiary/aromatic N) is 1. The molecule has 0 aliphatic heterocycles. The third kappa shape index (κ3) is 5.03. The second kappa shape index (κ2) is 7.92. The first kappa shape index (κ1) is 19.7. The van der Waals surface area contributed by atoms with Crippen molar-refractivity contribution in [2.24, 2.45) is 0 Å². The van der Waals surface area contributed by atoms with Gasteiger partial charge in [0, 0.05) is 17.6 Å². The van der Waals surface area contributed by atoms with E-state index in [9.17, 15) is 9.59 Å². The summed E-state index contributed by atoms with van der Waals surface area (Å²) < 4.78 is 15.8. The summed E-state index contributed by atoms with van der Waals surface area (Å²) in [5.41, 5.74) is 0.440. The van der Waals surface area contributed by atoms with E-state index in [0.717, 1.165) is 11.3 Å². The van der Waals surface area contributed by atoms with Crippen molar-refractivity contribution >= 4 is 12.0 Å². The number of alkyl carbamates (subject to hydrolysis) is 1. The Balaban J connectivity index is 1.47. The second-order valence-electron chi connectivity index (χ2n) is 7.75. The van der Waals surface area contributed by atoms with Crippen LogP contribution >= 0.6 is 0 Å². The highest BCUT2D eigenvalue weighted by Crippen LogP contribution is 2.23. The zero-order valence-electron chi connectivity index (χ0n) is 16.4. The van der Waals surface area contributed by atoms with Crippen LogP contribution < -0.4 is 15.4 Å². The normalized spacial score (nSPS) is 18.7. The van der Waals surface area contributed by atoms with E-state index in [1.54, 1.807) is 19.2 Å². The summed E-state index contributed by atoms with van der Waals surface area (Å²) in [5, 5.41) is 5.69. The third-order valence-electron chi connectivity index (χ3n) is 4.27. The Labute approximate surface area is 163 Å². The van der Waals surface area contributed by atoms with Gasteiger partial charge in [0.25, 0.3) is 5.91 Å². The molecule has 150 valence electrons. The molecule has 1 aliphatic rings. The fourth-order valence-electron chi connectivity index (χ4n) is 2.83. The summed E-state index contributed by atoms with van der Waals surface area (Å²) in [6, 6.07) is 7.19. The van der Waals surface area contributed by atoms with Gasteiger partial charge >= 0.3 is 6.09 Å². The topological polar surface area (TPSA) is 103 Å². The zero-order chi connectivity index (χ0) is 20.3. The number of aromatic nitrogens is 1. The Hall–Kier alpha value is -3.03. The van der Waals surface area contributed by atoms with E-state index >= 15 is 0 Å². The molecule has 1 fully saturated rings. The van der Waals surface area contributed by atoms with Crippen LogP contribution in [-0.2, 0) is 4.74 Å². The van der Waals surface area contributed by atoms with E-state index < -0.39 is 11.7 Å². The lowest BCUT2D eigenvalue weighted by Gasteiger charge is -2.36. The van der Waals surface area contributed by atoms with Crippen molar-refractivity contribution < 1.29 is 23.5 Å². The van der Waals surface area contributed by atoms with E-state index in [4.69, 9.17) is 13.9 Å². The van der Waals surface area contributed by atoms with Crippen LogP contribution in [0, 0.1) is 0 Å². The zero-order valence-corrected chi connectivity index (χ0v) is 16.4. The molecule has 28 heavy (non-hydrogen) atoms. The Morgan fingerprint density at radius 3 is 2.36 bits per heavy atom. The standard InChI is InChI=1S/C20H25N3O5/c1-20(2,3)28-19(25)22-14-9-13(10-14)21-17(24)16-11-27-18(23-16)12-5-7-15(26-4)8-6-12/h5-8,11,13-14H,9-10H2,1-4H3,(H,21,24)(H,22,25)/t13-,14+. The Morgan fingerprint density at radius 2 is 1.75 bits per heavy atom. The monoisotopic (exact) mass is 387 g/mol. The highest BCUT2D eigenvalue weighted by atomic mass is 16.6. The average Bonchev–Trinajstić information content (AvgIpc) is 3.08. The number of methoxy groups -OCH3 is 1. The summed E-state index contributed by atoms with van der Waals surface area (Å²) in [7, 11) is 1.59. The minimum Gasteiger partial charge on any atom is -0.497 e. The number of rotatable bonds is 5. The quantitative estimate of drug-likeness (QED) is 0.817. The first-order chi connectivity index (χ1) is 13.2. The maximum absolute atomic E-state index is 12.3. The number of ether oxygens (including phenoxy) is 2. The van der Waals surface area contributed by atoms with Gasteiger partial charge in [-0.15, -0.1) is 0 Å². The minimum atomic E-state index is -0.532. The predicted octanol–water partition coefficient (Wildman–Crippen LogP) is 3.14. The molecule has 8 heteroatoms. The van der Waals surface area contributed by atoms with Crippen molar-refractivity contribution in [3.63, 3.8) is 0 Å². The number of amides is 2. The molecule has 1 aromatic heterocycles. The van der Waals surface area contributed by atoms with Crippen molar-refractivity contribution in [2.45, 2.75) is 51.3 Å². The number of benzene rings is 1. The van der Waals surface area contributed by atoms with Crippen LogP contribution in [-0.4, -0.2) is 41.8 Å². The van der Waals surface area contributed by atoms with Gasteiger partial charge in [-0.25, -0.2) is 9.78 Å². The fourth-order valence-corrected chi connectivity index (χ4v) is 2.83. The summed E-state index contributed by atoms with van der Waals surface area (Å²) in [5.74, 6) is 0.794. The molecule has 2 aromatic rings. The van der Waals surface area contributed by atoms with Gasteiger partial charge in [0.15, 0.2) is 5.69 Å². The molecule has 8 nitrogen and oxygen atoms in total. The van der Waals surface area contributed by atoms with E-state index in [0.29, 0.717) is 18.7 Å². The second-order valence-corrected chi connectivity index (χ2v) is 7.75. The van der Waals surface area contributed by atoms with Gasteiger partial charge in [-0.05, 0) is 57.9 Å². The van der Waals surface area contributed by atoms with Crippen LogP contribution in [0.2, 0.25) is 0 Å². The maximum atomic E-state index is 12.3. The van der Waals surface area contributed by atoms with Crippen LogP contribution in [0.3, 0.4) is 0 Å². The number of hydrogen-bond donors (Lipinski definition) is 2. The molecule has 1 aliphatic carbocycles. The number of carbonyl (C=O) groups is 2. The molecule has 2 N–H and O–H groups in total. The van der Waals surface area contributed by atoms with Crippen LogP contribution in [0.4, 0.5) is 4.79 Å². The molecule has 1 aromatic carbocycles. The van der Waals surface area contributed by atoms with Crippen LogP contribution in [0.15, 0.2) is 34.9 Å². The number of hydrogen-bond acceptors (Lipinski definition) is 6. The fraction of sp³-hybridized carbons (Fsp3) is 0.450. The van der Waals surface area contributed by atoms with Crippen LogP contribution in [0.1, 0.15) is 44.1 Å². The molecule has 0 radical (unpaired) electrons. The molecule has 0 bridgehead atoms. The molecule has 3 rings (SSSR count). The number of oxazole rings is 1. The van der Waals surface area contributed by atoms with E-state index in [-0.39, 0.29) is 23.7 Å². The van der Waals surface area contributed by atoms with Gasteiger partial charge in [0.05, 0.1) is 7.11 Å². The van der Waals surface area contributed by atoms with E-state index in [1.807, 2.05) is 32.9 Å². The van der Waals surface area contributed by atoms with Gasteiger partial charge < -0.3 is 24.5 Å². The summed E-state index contributed by atoms with van der Waals surface area (Å²) in [6.45, 7) is 5.44. The van der Waals surface area contributed by atoms with Crippen LogP contribution in [0.25, 0.3) is 11.5 Å². The molecule has 1 heterocycles. The van der Waals surface area contributed by atoms with Crippen LogP contribution in [0.5, 0.6) is 5.75 Å². The molecule has 0 atom stereocenters. The number of carbonyl (C=O) groups excluding carboxylic acids is 2.